The van der Waals surface area contributed by atoms with Gasteiger partial charge in [-0.2, -0.15) is 18.4 Å². The molecule has 1 aromatic heterocycles. The standard InChI is InChI=1S/C22H17F4N3O2/c23-18-9-17-19(10-20(18)28-5-7-31-8-6-28)29(13-15(11-27)21(17)30)12-14-1-3-16(4-2-14)22(24,25)26/h1-4,9-10,13H,5-8,12H2. The minimum absolute atomic E-state index is 0.0421. The number of rotatable bonds is 3. The van der Waals surface area contributed by atoms with E-state index in [4.69, 9.17) is 4.74 Å². The predicted molar refractivity (Wildman–Crippen MR) is 106 cm³/mol. The Morgan fingerprint density at radius 2 is 1.77 bits per heavy atom. The Morgan fingerprint density at radius 3 is 2.39 bits per heavy atom. The third-order valence-corrected chi connectivity index (χ3v) is 5.26. The van der Waals surface area contributed by atoms with Crippen LogP contribution in [0.5, 0.6) is 0 Å². The molecule has 0 spiro atoms. The van der Waals surface area contributed by atoms with Gasteiger partial charge in [0.05, 0.1) is 35.4 Å². The molecule has 1 fully saturated rings. The fourth-order valence-corrected chi connectivity index (χ4v) is 3.65. The first kappa shape index (κ1) is 20.9. The van der Waals surface area contributed by atoms with Crippen molar-refractivity contribution in [1.29, 1.82) is 5.26 Å². The number of fused-ring (bicyclic) bond motifs is 1. The van der Waals surface area contributed by atoms with Gasteiger partial charge in [-0.05, 0) is 29.8 Å². The number of nitriles is 1. The second-order valence-electron chi connectivity index (χ2n) is 7.23. The number of benzene rings is 2. The highest BCUT2D eigenvalue weighted by Crippen LogP contribution is 2.30. The van der Waals surface area contributed by atoms with Crippen molar-refractivity contribution in [3.63, 3.8) is 0 Å². The van der Waals surface area contributed by atoms with Crippen LogP contribution in [-0.4, -0.2) is 30.9 Å². The molecule has 31 heavy (non-hydrogen) atoms. The second-order valence-corrected chi connectivity index (χ2v) is 7.23. The monoisotopic (exact) mass is 431 g/mol. The first-order chi connectivity index (χ1) is 14.8. The molecule has 4 rings (SSSR count). The summed E-state index contributed by atoms with van der Waals surface area (Å²) in [7, 11) is 0. The Balaban J connectivity index is 1.82. The van der Waals surface area contributed by atoms with E-state index in [1.165, 1.54) is 18.3 Å². The van der Waals surface area contributed by atoms with E-state index in [0.29, 0.717) is 43.1 Å². The minimum Gasteiger partial charge on any atom is -0.378 e. The highest BCUT2D eigenvalue weighted by molar-refractivity contribution is 5.84. The molecule has 1 aliphatic heterocycles. The first-order valence-corrected chi connectivity index (χ1v) is 9.53. The summed E-state index contributed by atoms with van der Waals surface area (Å²) in [6, 6.07) is 9.10. The second kappa shape index (κ2) is 8.04. The van der Waals surface area contributed by atoms with Crippen LogP contribution in [0.25, 0.3) is 10.9 Å². The number of morpholine rings is 1. The molecule has 5 nitrogen and oxygen atoms in total. The van der Waals surface area contributed by atoms with Crippen LogP contribution in [0.1, 0.15) is 16.7 Å². The number of ether oxygens (including phenoxy) is 1. The normalized spacial score (nSPS) is 14.6. The molecule has 0 amide bonds. The Hall–Kier alpha value is -3.38. The molecule has 0 saturated carbocycles. The Labute approximate surface area is 174 Å². The lowest BCUT2D eigenvalue weighted by atomic mass is 10.1. The van der Waals surface area contributed by atoms with Gasteiger partial charge in [-0.15, -0.1) is 0 Å². The maximum Gasteiger partial charge on any atom is 0.416 e. The molecule has 1 aliphatic rings. The molecule has 0 radical (unpaired) electrons. The molecular formula is C22H17F4N3O2. The third kappa shape index (κ3) is 4.11. The Morgan fingerprint density at radius 1 is 1.10 bits per heavy atom. The summed E-state index contributed by atoms with van der Waals surface area (Å²) in [5.74, 6) is -0.581. The van der Waals surface area contributed by atoms with Gasteiger partial charge in [0, 0.05) is 25.8 Å². The number of nitrogens with zero attached hydrogens (tertiary/aromatic N) is 3. The number of pyridine rings is 1. The zero-order chi connectivity index (χ0) is 22.2. The van der Waals surface area contributed by atoms with Crippen molar-refractivity contribution in [2.45, 2.75) is 12.7 Å². The molecule has 3 aromatic rings. The summed E-state index contributed by atoms with van der Waals surface area (Å²) in [6.45, 7) is 1.98. The first-order valence-electron chi connectivity index (χ1n) is 9.53. The molecule has 0 bridgehead atoms. The highest BCUT2D eigenvalue weighted by atomic mass is 19.4. The molecule has 160 valence electrons. The van der Waals surface area contributed by atoms with E-state index in [0.717, 1.165) is 18.2 Å². The molecule has 0 N–H and O–H groups in total. The van der Waals surface area contributed by atoms with Crippen LogP contribution < -0.4 is 10.3 Å². The van der Waals surface area contributed by atoms with Gasteiger partial charge < -0.3 is 14.2 Å². The molecule has 0 atom stereocenters. The fourth-order valence-electron chi connectivity index (χ4n) is 3.65. The van der Waals surface area contributed by atoms with Crippen molar-refractivity contribution >= 4 is 16.6 Å². The number of hydrogen-bond donors (Lipinski definition) is 0. The van der Waals surface area contributed by atoms with Gasteiger partial charge in [-0.25, -0.2) is 4.39 Å². The summed E-state index contributed by atoms with van der Waals surface area (Å²) in [4.78, 5) is 14.4. The van der Waals surface area contributed by atoms with E-state index in [-0.39, 0.29) is 17.5 Å². The quantitative estimate of drug-likeness (QED) is 0.590. The lowest BCUT2D eigenvalue weighted by molar-refractivity contribution is -0.137. The van der Waals surface area contributed by atoms with E-state index >= 15 is 0 Å². The topological polar surface area (TPSA) is 58.3 Å². The van der Waals surface area contributed by atoms with Crippen molar-refractivity contribution in [2.75, 3.05) is 31.2 Å². The molecule has 0 unspecified atom stereocenters. The van der Waals surface area contributed by atoms with Crippen molar-refractivity contribution in [1.82, 2.24) is 4.57 Å². The van der Waals surface area contributed by atoms with E-state index in [9.17, 15) is 27.6 Å². The average Bonchev–Trinajstić information content (AvgIpc) is 2.76. The van der Waals surface area contributed by atoms with Crippen molar-refractivity contribution in [3.8, 4) is 6.07 Å². The summed E-state index contributed by atoms with van der Waals surface area (Å²) < 4.78 is 60.2. The van der Waals surface area contributed by atoms with E-state index < -0.39 is 23.0 Å². The van der Waals surface area contributed by atoms with Crippen LogP contribution in [-0.2, 0) is 17.5 Å². The number of alkyl halides is 3. The largest absolute Gasteiger partial charge is 0.416 e. The van der Waals surface area contributed by atoms with Crippen LogP contribution in [0.3, 0.4) is 0 Å². The number of aromatic nitrogens is 1. The third-order valence-electron chi connectivity index (χ3n) is 5.26. The molecule has 2 heterocycles. The van der Waals surface area contributed by atoms with Crippen LogP contribution >= 0.6 is 0 Å². The van der Waals surface area contributed by atoms with E-state index in [1.54, 1.807) is 10.6 Å². The van der Waals surface area contributed by atoms with Crippen LogP contribution in [0.15, 0.2) is 47.4 Å². The molecule has 0 aliphatic carbocycles. The number of anilines is 1. The lowest BCUT2D eigenvalue weighted by Gasteiger charge is -2.29. The smallest absolute Gasteiger partial charge is 0.378 e. The van der Waals surface area contributed by atoms with Gasteiger partial charge in [0.25, 0.3) is 0 Å². The van der Waals surface area contributed by atoms with Gasteiger partial charge in [-0.1, -0.05) is 12.1 Å². The van der Waals surface area contributed by atoms with Gasteiger partial charge in [0.1, 0.15) is 17.4 Å². The summed E-state index contributed by atoms with van der Waals surface area (Å²) in [5.41, 5.74) is -0.283. The fraction of sp³-hybridized carbons (Fsp3) is 0.273. The average molecular weight is 431 g/mol. The highest BCUT2D eigenvalue weighted by Gasteiger charge is 2.30. The van der Waals surface area contributed by atoms with Crippen molar-refractivity contribution in [3.05, 3.63) is 75.3 Å². The van der Waals surface area contributed by atoms with Crippen LogP contribution in [0.4, 0.5) is 23.2 Å². The lowest BCUT2D eigenvalue weighted by Crippen LogP contribution is -2.36. The van der Waals surface area contributed by atoms with Gasteiger partial charge in [0.2, 0.25) is 5.43 Å². The van der Waals surface area contributed by atoms with Gasteiger partial charge >= 0.3 is 6.18 Å². The van der Waals surface area contributed by atoms with Crippen molar-refractivity contribution in [2.24, 2.45) is 0 Å². The zero-order valence-electron chi connectivity index (χ0n) is 16.2. The van der Waals surface area contributed by atoms with E-state index in [2.05, 4.69) is 0 Å². The van der Waals surface area contributed by atoms with Crippen LogP contribution in [0, 0.1) is 17.1 Å². The molecule has 2 aromatic carbocycles. The zero-order valence-corrected chi connectivity index (χ0v) is 16.2. The summed E-state index contributed by atoms with van der Waals surface area (Å²) in [5, 5.41) is 9.36. The van der Waals surface area contributed by atoms with E-state index in [1.807, 2.05) is 11.0 Å². The number of halogens is 4. The minimum atomic E-state index is -4.44. The van der Waals surface area contributed by atoms with Gasteiger partial charge in [-0.3, -0.25) is 4.79 Å². The maximum absolute atomic E-state index is 14.8. The molecule has 1 saturated heterocycles. The van der Waals surface area contributed by atoms with Crippen LogP contribution in [0.2, 0.25) is 0 Å². The SMILES string of the molecule is N#Cc1cn(Cc2ccc(C(F)(F)F)cc2)c2cc(N3CCOCC3)c(F)cc2c1=O. The summed E-state index contributed by atoms with van der Waals surface area (Å²) >= 11 is 0. The Kier molecular flexibility index (Phi) is 5.41. The molecule has 9 heteroatoms. The van der Waals surface area contributed by atoms with Gasteiger partial charge in [0.15, 0.2) is 0 Å². The maximum atomic E-state index is 14.8. The summed E-state index contributed by atoms with van der Waals surface area (Å²) in [6.07, 6.45) is -3.09. The number of hydrogen-bond acceptors (Lipinski definition) is 4. The van der Waals surface area contributed by atoms with Crippen molar-refractivity contribution < 1.29 is 22.3 Å². The molecular weight excluding hydrogens is 414 g/mol. The predicted octanol–water partition coefficient (Wildman–Crippen LogP) is 3.92. The Bertz CT molecular complexity index is 1220.